The van der Waals surface area contributed by atoms with Crippen LogP contribution in [0.15, 0.2) is 0 Å². The molecule has 1 aliphatic carbocycles. The van der Waals surface area contributed by atoms with Gasteiger partial charge in [0.05, 0.1) is 12.1 Å². The molecular formula is C8H14N2O2. The first-order valence-electron chi connectivity index (χ1n) is 4.42. The summed E-state index contributed by atoms with van der Waals surface area (Å²) in [6.07, 6.45) is 2.04. The van der Waals surface area contributed by atoms with Crippen molar-refractivity contribution < 1.29 is 9.90 Å². The number of aliphatic hydroxyl groups excluding tert-OH is 1. The van der Waals surface area contributed by atoms with Crippen molar-refractivity contribution in [2.45, 2.75) is 37.5 Å². The van der Waals surface area contributed by atoms with E-state index < -0.39 is 0 Å². The summed E-state index contributed by atoms with van der Waals surface area (Å²) in [6, 6.07) is -0.0243. The third-order valence-corrected chi connectivity index (χ3v) is 2.81. The van der Waals surface area contributed by atoms with E-state index in [1.165, 1.54) is 0 Å². The van der Waals surface area contributed by atoms with Crippen molar-refractivity contribution in [2.75, 3.05) is 6.54 Å². The number of carbonyl (C=O) groups is 1. The average molecular weight is 170 g/mol. The average Bonchev–Trinajstić information content (AvgIpc) is 2.28. The highest BCUT2D eigenvalue weighted by Crippen LogP contribution is 2.28. The van der Waals surface area contributed by atoms with Crippen LogP contribution < -0.4 is 5.73 Å². The molecule has 0 bridgehead atoms. The van der Waals surface area contributed by atoms with Crippen LogP contribution in [0.25, 0.3) is 0 Å². The maximum Gasteiger partial charge on any atom is 0.239 e. The summed E-state index contributed by atoms with van der Waals surface area (Å²) in [7, 11) is 0. The van der Waals surface area contributed by atoms with Gasteiger partial charge >= 0.3 is 0 Å². The molecule has 0 aromatic rings. The number of carbonyl (C=O) groups excluding carboxylic acids is 1. The Kier molecular flexibility index (Phi) is 1.81. The zero-order valence-corrected chi connectivity index (χ0v) is 6.94. The van der Waals surface area contributed by atoms with Crippen LogP contribution >= 0.6 is 0 Å². The van der Waals surface area contributed by atoms with Gasteiger partial charge in [0.25, 0.3) is 0 Å². The fourth-order valence-electron chi connectivity index (χ4n) is 1.90. The molecule has 4 nitrogen and oxygen atoms in total. The van der Waals surface area contributed by atoms with E-state index in [1.807, 2.05) is 4.90 Å². The molecule has 12 heavy (non-hydrogen) atoms. The molecule has 0 aromatic carbocycles. The van der Waals surface area contributed by atoms with E-state index in [-0.39, 0.29) is 24.1 Å². The second-order valence-electron chi connectivity index (χ2n) is 3.71. The van der Waals surface area contributed by atoms with Crippen LogP contribution in [0.2, 0.25) is 0 Å². The fourth-order valence-corrected chi connectivity index (χ4v) is 1.90. The molecule has 3 N–H and O–H groups in total. The van der Waals surface area contributed by atoms with Crippen LogP contribution in [-0.4, -0.2) is 40.6 Å². The molecule has 1 unspecified atom stereocenters. The van der Waals surface area contributed by atoms with Crippen molar-refractivity contribution in [1.82, 2.24) is 4.90 Å². The molecule has 1 heterocycles. The lowest BCUT2D eigenvalue weighted by Crippen LogP contribution is -2.49. The molecule has 0 radical (unpaired) electrons. The van der Waals surface area contributed by atoms with Gasteiger partial charge in [0, 0.05) is 12.6 Å². The Morgan fingerprint density at radius 2 is 2.17 bits per heavy atom. The van der Waals surface area contributed by atoms with Crippen molar-refractivity contribution in [3.05, 3.63) is 0 Å². The zero-order valence-electron chi connectivity index (χ0n) is 6.94. The lowest BCUT2D eigenvalue weighted by atomic mass is 9.88. The van der Waals surface area contributed by atoms with Gasteiger partial charge in [-0.3, -0.25) is 4.79 Å². The van der Waals surface area contributed by atoms with Crippen molar-refractivity contribution in [2.24, 2.45) is 5.73 Å². The van der Waals surface area contributed by atoms with Crippen molar-refractivity contribution in [1.29, 1.82) is 0 Å². The molecule has 1 atom stereocenters. The minimum absolute atomic E-state index is 0.0619. The Bertz CT molecular complexity index is 201. The Labute approximate surface area is 71.3 Å². The van der Waals surface area contributed by atoms with Gasteiger partial charge in [0.15, 0.2) is 0 Å². The molecule has 0 spiro atoms. The van der Waals surface area contributed by atoms with Crippen molar-refractivity contribution in [3.63, 3.8) is 0 Å². The summed E-state index contributed by atoms with van der Waals surface area (Å²) < 4.78 is 0. The predicted molar refractivity (Wildman–Crippen MR) is 43.3 cm³/mol. The minimum atomic E-state index is -0.289. The predicted octanol–water partition coefficient (Wildman–Crippen LogP) is -0.931. The molecular weight excluding hydrogens is 156 g/mol. The lowest BCUT2D eigenvalue weighted by molar-refractivity contribution is -0.134. The van der Waals surface area contributed by atoms with Crippen LogP contribution in [0.5, 0.6) is 0 Å². The lowest BCUT2D eigenvalue weighted by Gasteiger charge is -2.38. The first kappa shape index (κ1) is 8.01. The number of nitrogens with zero attached hydrogens (tertiary/aromatic N) is 1. The maximum absolute atomic E-state index is 11.4. The molecule has 2 rings (SSSR count). The number of likely N-dealkylation sites (tertiary alicyclic amines) is 1. The highest BCUT2D eigenvalue weighted by atomic mass is 16.3. The number of rotatable bonds is 1. The highest BCUT2D eigenvalue weighted by Gasteiger charge is 2.39. The minimum Gasteiger partial charge on any atom is -0.393 e. The van der Waals surface area contributed by atoms with E-state index in [0.29, 0.717) is 0 Å². The summed E-state index contributed by atoms with van der Waals surface area (Å²) in [5, 5.41) is 9.06. The van der Waals surface area contributed by atoms with Crippen molar-refractivity contribution in [3.8, 4) is 0 Å². The fraction of sp³-hybridized carbons (Fsp3) is 0.875. The Morgan fingerprint density at radius 3 is 2.58 bits per heavy atom. The van der Waals surface area contributed by atoms with E-state index in [0.717, 1.165) is 25.8 Å². The summed E-state index contributed by atoms with van der Waals surface area (Å²) in [5.74, 6) is 0.0619. The Hall–Kier alpha value is -0.610. The number of nitrogens with two attached hydrogens (primary N) is 1. The van der Waals surface area contributed by atoms with Crippen LogP contribution in [0.1, 0.15) is 19.3 Å². The summed E-state index contributed by atoms with van der Waals surface area (Å²) in [5.41, 5.74) is 5.57. The molecule has 68 valence electrons. The van der Waals surface area contributed by atoms with E-state index >= 15 is 0 Å². The third kappa shape index (κ3) is 1.11. The van der Waals surface area contributed by atoms with Crippen LogP contribution in [0.4, 0.5) is 0 Å². The monoisotopic (exact) mass is 170 g/mol. The van der Waals surface area contributed by atoms with Gasteiger partial charge < -0.3 is 15.7 Å². The standard InChI is InChI=1S/C8H14N2O2/c9-7-1-2-10(8(7)12)5-3-6(11)4-5/h5-7,11H,1-4,9H2. The first-order chi connectivity index (χ1) is 5.68. The summed E-state index contributed by atoms with van der Waals surface area (Å²) in [6.45, 7) is 0.775. The summed E-state index contributed by atoms with van der Waals surface area (Å²) in [4.78, 5) is 13.2. The zero-order chi connectivity index (χ0) is 8.72. The topological polar surface area (TPSA) is 66.6 Å². The molecule has 1 saturated heterocycles. The smallest absolute Gasteiger partial charge is 0.239 e. The van der Waals surface area contributed by atoms with Gasteiger partial charge in [-0.1, -0.05) is 0 Å². The van der Waals surface area contributed by atoms with Gasteiger partial charge in [-0.2, -0.15) is 0 Å². The van der Waals surface area contributed by atoms with Gasteiger partial charge in [0.1, 0.15) is 0 Å². The number of aliphatic hydroxyl groups is 1. The number of amides is 1. The quantitative estimate of drug-likeness (QED) is 0.534. The van der Waals surface area contributed by atoms with Crippen LogP contribution in [0, 0.1) is 0 Å². The SMILES string of the molecule is NC1CCN(C2CC(O)C2)C1=O. The van der Waals surface area contributed by atoms with Crippen LogP contribution in [0.3, 0.4) is 0 Å². The van der Waals surface area contributed by atoms with E-state index in [4.69, 9.17) is 10.8 Å². The number of hydrogen-bond donors (Lipinski definition) is 2. The third-order valence-electron chi connectivity index (χ3n) is 2.81. The summed E-state index contributed by atoms with van der Waals surface area (Å²) >= 11 is 0. The maximum atomic E-state index is 11.4. The highest BCUT2D eigenvalue weighted by molar-refractivity contribution is 5.84. The molecule has 0 aromatic heterocycles. The van der Waals surface area contributed by atoms with Gasteiger partial charge in [0.2, 0.25) is 5.91 Å². The molecule has 2 fully saturated rings. The van der Waals surface area contributed by atoms with Gasteiger partial charge in [-0.25, -0.2) is 0 Å². The van der Waals surface area contributed by atoms with Crippen LogP contribution in [-0.2, 0) is 4.79 Å². The molecule has 2 aliphatic rings. The van der Waals surface area contributed by atoms with Crippen molar-refractivity contribution >= 4 is 5.91 Å². The molecule has 4 heteroatoms. The van der Waals surface area contributed by atoms with Gasteiger partial charge in [-0.15, -0.1) is 0 Å². The first-order valence-corrected chi connectivity index (χ1v) is 4.42. The van der Waals surface area contributed by atoms with Gasteiger partial charge in [-0.05, 0) is 19.3 Å². The normalized spacial score (nSPS) is 41.7. The Balaban J connectivity index is 1.93. The number of hydrogen-bond acceptors (Lipinski definition) is 3. The van der Waals surface area contributed by atoms with E-state index in [1.54, 1.807) is 0 Å². The van der Waals surface area contributed by atoms with E-state index in [2.05, 4.69) is 0 Å². The molecule has 1 saturated carbocycles. The largest absolute Gasteiger partial charge is 0.393 e. The Morgan fingerprint density at radius 1 is 1.50 bits per heavy atom. The second-order valence-corrected chi connectivity index (χ2v) is 3.71. The van der Waals surface area contributed by atoms with E-state index in [9.17, 15) is 4.79 Å². The molecule has 1 aliphatic heterocycles. The molecule has 1 amide bonds. The second kappa shape index (κ2) is 2.71.